The number of benzene rings is 2. The van der Waals surface area contributed by atoms with Crippen molar-refractivity contribution in [3.63, 3.8) is 0 Å². The van der Waals surface area contributed by atoms with Crippen molar-refractivity contribution in [3.05, 3.63) is 59.7 Å². The molecule has 31 heavy (non-hydrogen) atoms. The fraction of sp³-hybridized carbons (Fsp3) is 0.462. The molecule has 0 aliphatic heterocycles. The van der Waals surface area contributed by atoms with Gasteiger partial charge in [-0.1, -0.05) is 51.1 Å². The van der Waals surface area contributed by atoms with Gasteiger partial charge in [-0.25, -0.2) is 0 Å². The summed E-state index contributed by atoms with van der Waals surface area (Å²) in [6.45, 7) is 8.41. The Morgan fingerprint density at radius 2 is 1.71 bits per heavy atom. The molecule has 1 N–H and O–H groups in total. The van der Waals surface area contributed by atoms with E-state index in [0.717, 1.165) is 35.3 Å². The van der Waals surface area contributed by atoms with Gasteiger partial charge in [0.25, 0.3) is 0 Å². The average molecular weight is 422 g/mol. The van der Waals surface area contributed by atoms with Gasteiger partial charge in [0.1, 0.15) is 0 Å². The maximum Gasteiger partial charge on any atom is 0.228 e. The number of rotatable bonds is 7. The van der Waals surface area contributed by atoms with E-state index in [1.165, 1.54) is 0 Å². The van der Waals surface area contributed by atoms with E-state index in [9.17, 15) is 9.59 Å². The van der Waals surface area contributed by atoms with E-state index in [4.69, 9.17) is 0 Å². The minimum atomic E-state index is -0.501. The second-order valence-corrected chi connectivity index (χ2v) is 9.77. The highest BCUT2D eigenvalue weighted by atomic mass is 16.2. The molecule has 0 radical (unpaired) electrons. The SMILES string of the molecule is C[C@H](c1ccccc1)N(Cc1cc(NC(=O)C2CC2)ccc1N(C)C)C(=O)C(C)(C)C. The van der Waals surface area contributed by atoms with Crippen LogP contribution in [-0.4, -0.2) is 30.8 Å². The lowest BCUT2D eigenvalue weighted by Gasteiger charge is -2.35. The highest BCUT2D eigenvalue weighted by molar-refractivity contribution is 5.94. The fourth-order valence-electron chi connectivity index (χ4n) is 3.73. The zero-order chi connectivity index (χ0) is 22.8. The van der Waals surface area contributed by atoms with Crippen LogP contribution in [0.4, 0.5) is 11.4 Å². The van der Waals surface area contributed by atoms with Gasteiger partial charge in [-0.2, -0.15) is 0 Å². The lowest BCUT2D eigenvalue weighted by Crippen LogP contribution is -2.40. The number of carbonyl (C=O) groups is 2. The number of nitrogens with zero attached hydrogens (tertiary/aromatic N) is 2. The summed E-state index contributed by atoms with van der Waals surface area (Å²) in [7, 11) is 4.00. The standard InChI is InChI=1S/C26H35N3O2/c1-18(19-10-8-7-9-11-19)29(25(31)26(2,3)4)17-21-16-22(14-15-23(21)28(5)6)27-24(30)20-12-13-20/h7-11,14-16,18,20H,12-13,17H2,1-6H3,(H,27,30)/t18-/m1/s1. The Morgan fingerprint density at radius 1 is 1.06 bits per heavy atom. The summed E-state index contributed by atoms with van der Waals surface area (Å²) in [6.07, 6.45) is 1.94. The highest BCUT2D eigenvalue weighted by Gasteiger charge is 2.32. The van der Waals surface area contributed by atoms with Gasteiger partial charge in [-0.05, 0) is 49.1 Å². The quantitative estimate of drug-likeness (QED) is 0.665. The molecule has 0 unspecified atom stereocenters. The molecule has 3 rings (SSSR count). The zero-order valence-corrected chi connectivity index (χ0v) is 19.6. The van der Waals surface area contributed by atoms with Crippen LogP contribution in [0.2, 0.25) is 0 Å². The summed E-state index contributed by atoms with van der Waals surface area (Å²) in [5.41, 5.74) is 3.44. The first-order chi connectivity index (χ1) is 14.6. The number of anilines is 2. The summed E-state index contributed by atoms with van der Waals surface area (Å²) >= 11 is 0. The molecule has 0 heterocycles. The van der Waals surface area contributed by atoms with Crippen LogP contribution in [0.5, 0.6) is 0 Å². The van der Waals surface area contributed by atoms with Crippen molar-refractivity contribution in [1.29, 1.82) is 0 Å². The molecule has 2 amide bonds. The fourth-order valence-corrected chi connectivity index (χ4v) is 3.73. The third-order valence-electron chi connectivity index (χ3n) is 5.77. The molecule has 1 aliphatic rings. The molecular weight excluding hydrogens is 386 g/mol. The highest BCUT2D eigenvalue weighted by Crippen LogP contribution is 2.33. The van der Waals surface area contributed by atoms with Crippen molar-refractivity contribution in [1.82, 2.24) is 4.90 Å². The van der Waals surface area contributed by atoms with Gasteiger partial charge in [-0.3, -0.25) is 9.59 Å². The van der Waals surface area contributed by atoms with E-state index in [0.29, 0.717) is 6.54 Å². The molecule has 5 nitrogen and oxygen atoms in total. The molecule has 2 aromatic carbocycles. The predicted octanol–water partition coefficient (Wildman–Crippen LogP) is 5.24. The average Bonchev–Trinajstić information content (AvgIpc) is 3.56. The maximum absolute atomic E-state index is 13.5. The normalized spacial score (nSPS) is 14.6. The second-order valence-electron chi connectivity index (χ2n) is 9.77. The first kappa shape index (κ1) is 22.9. The van der Waals surface area contributed by atoms with E-state index in [1.807, 2.05) is 76.2 Å². The van der Waals surface area contributed by atoms with Crippen LogP contribution in [0.25, 0.3) is 0 Å². The monoisotopic (exact) mass is 421 g/mol. The smallest absolute Gasteiger partial charge is 0.228 e. The van der Waals surface area contributed by atoms with E-state index in [1.54, 1.807) is 0 Å². The summed E-state index contributed by atoms with van der Waals surface area (Å²) in [6, 6.07) is 16.0. The van der Waals surface area contributed by atoms with Crippen molar-refractivity contribution in [2.75, 3.05) is 24.3 Å². The molecule has 166 valence electrons. The third kappa shape index (κ3) is 5.66. The zero-order valence-electron chi connectivity index (χ0n) is 19.6. The molecule has 1 atom stereocenters. The molecule has 1 saturated carbocycles. The largest absolute Gasteiger partial charge is 0.377 e. The van der Waals surface area contributed by atoms with Crippen LogP contribution in [0.15, 0.2) is 48.5 Å². The second kappa shape index (κ2) is 9.13. The Balaban J connectivity index is 1.96. The van der Waals surface area contributed by atoms with Crippen LogP contribution < -0.4 is 10.2 Å². The van der Waals surface area contributed by atoms with Crippen LogP contribution in [-0.2, 0) is 16.1 Å². The van der Waals surface area contributed by atoms with Crippen LogP contribution >= 0.6 is 0 Å². The van der Waals surface area contributed by atoms with Gasteiger partial charge in [0.2, 0.25) is 11.8 Å². The Bertz CT molecular complexity index is 927. The number of carbonyl (C=O) groups excluding carboxylic acids is 2. The van der Waals surface area contributed by atoms with Crippen LogP contribution in [0.1, 0.15) is 57.7 Å². The molecule has 0 bridgehead atoms. The number of hydrogen-bond donors (Lipinski definition) is 1. The van der Waals surface area contributed by atoms with Crippen molar-refractivity contribution in [2.45, 2.75) is 53.1 Å². The topological polar surface area (TPSA) is 52.7 Å². The van der Waals surface area contributed by atoms with Crippen molar-refractivity contribution in [2.24, 2.45) is 11.3 Å². The van der Waals surface area contributed by atoms with E-state index in [-0.39, 0.29) is 23.8 Å². The molecule has 0 saturated heterocycles. The minimum absolute atomic E-state index is 0.0763. The molecule has 1 fully saturated rings. The Hall–Kier alpha value is -2.82. The summed E-state index contributed by atoms with van der Waals surface area (Å²) in [4.78, 5) is 29.7. The van der Waals surface area contributed by atoms with Gasteiger partial charge >= 0.3 is 0 Å². The van der Waals surface area contributed by atoms with E-state index in [2.05, 4.69) is 29.3 Å². The lowest BCUT2D eigenvalue weighted by atomic mass is 9.92. The molecule has 2 aromatic rings. The number of amides is 2. The molecular formula is C26H35N3O2. The summed E-state index contributed by atoms with van der Waals surface area (Å²) < 4.78 is 0. The predicted molar refractivity (Wildman–Crippen MR) is 127 cm³/mol. The maximum atomic E-state index is 13.5. The van der Waals surface area contributed by atoms with Gasteiger partial charge in [0, 0.05) is 43.3 Å². The van der Waals surface area contributed by atoms with E-state index < -0.39 is 5.41 Å². The Kier molecular flexibility index (Phi) is 6.73. The first-order valence-corrected chi connectivity index (χ1v) is 11.0. The Labute approximate surface area is 186 Å². The van der Waals surface area contributed by atoms with Crippen molar-refractivity contribution in [3.8, 4) is 0 Å². The summed E-state index contributed by atoms with van der Waals surface area (Å²) in [5, 5.41) is 3.04. The van der Waals surface area contributed by atoms with Gasteiger partial charge in [0.15, 0.2) is 0 Å². The summed E-state index contributed by atoms with van der Waals surface area (Å²) in [5.74, 6) is 0.332. The van der Waals surface area contributed by atoms with Crippen LogP contribution in [0.3, 0.4) is 0 Å². The van der Waals surface area contributed by atoms with Gasteiger partial charge in [0.05, 0.1) is 6.04 Å². The molecule has 5 heteroatoms. The molecule has 0 aromatic heterocycles. The number of hydrogen-bond acceptors (Lipinski definition) is 3. The van der Waals surface area contributed by atoms with Crippen LogP contribution in [0, 0.1) is 11.3 Å². The molecule has 0 spiro atoms. The van der Waals surface area contributed by atoms with Gasteiger partial charge < -0.3 is 15.1 Å². The minimum Gasteiger partial charge on any atom is -0.377 e. The van der Waals surface area contributed by atoms with E-state index >= 15 is 0 Å². The van der Waals surface area contributed by atoms with Crippen molar-refractivity contribution >= 4 is 23.2 Å². The third-order valence-corrected chi connectivity index (χ3v) is 5.77. The van der Waals surface area contributed by atoms with Crippen molar-refractivity contribution < 1.29 is 9.59 Å². The number of nitrogens with one attached hydrogen (secondary N) is 1. The van der Waals surface area contributed by atoms with Gasteiger partial charge in [-0.15, -0.1) is 0 Å². The lowest BCUT2D eigenvalue weighted by molar-refractivity contribution is -0.142. The Morgan fingerprint density at radius 3 is 2.26 bits per heavy atom. The first-order valence-electron chi connectivity index (χ1n) is 11.0. The molecule has 1 aliphatic carbocycles.